The van der Waals surface area contributed by atoms with Gasteiger partial charge in [-0.05, 0) is 12.1 Å². The smallest absolute Gasteiger partial charge is 0.227 e. The molecule has 5 nitrogen and oxygen atoms in total. The molecule has 0 aliphatic carbocycles. The molecule has 7 heteroatoms. The van der Waals surface area contributed by atoms with Crippen LogP contribution in [0.4, 0.5) is 10.1 Å². The lowest BCUT2D eigenvalue weighted by atomic mass is 10.2. The van der Waals surface area contributed by atoms with Crippen LogP contribution in [0.25, 0.3) is 0 Å². The van der Waals surface area contributed by atoms with Crippen LogP contribution in [0.2, 0.25) is 0 Å². The van der Waals surface area contributed by atoms with Crippen molar-refractivity contribution >= 4 is 24.0 Å². The Balaban J connectivity index is 0.00000324. The van der Waals surface area contributed by atoms with Crippen molar-refractivity contribution in [1.82, 2.24) is 0 Å². The van der Waals surface area contributed by atoms with Crippen LogP contribution in [-0.2, 0) is 9.53 Å². The van der Waals surface area contributed by atoms with E-state index in [4.69, 9.17) is 15.2 Å². The molecule has 108 valence electrons. The van der Waals surface area contributed by atoms with E-state index in [9.17, 15) is 9.18 Å². The summed E-state index contributed by atoms with van der Waals surface area (Å²) in [4.78, 5) is 11.6. The minimum atomic E-state index is -0.530. The fourth-order valence-corrected chi connectivity index (χ4v) is 1.43. The van der Waals surface area contributed by atoms with Gasteiger partial charge in [-0.3, -0.25) is 4.79 Å². The van der Waals surface area contributed by atoms with E-state index in [0.29, 0.717) is 5.69 Å². The summed E-state index contributed by atoms with van der Waals surface area (Å²) in [7, 11) is 2.86. The van der Waals surface area contributed by atoms with Crippen molar-refractivity contribution in [2.45, 2.75) is 12.5 Å². The van der Waals surface area contributed by atoms with E-state index in [2.05, 4.69) is 5.32 Å². The Kier molecular flexibility index (Phi) is 8.06. The maximum Gasteiger partial charge on any atom is 0.227 e. The van der Waals surface area contributed by atoms with Crippen LogP contribution >= 0.6 is 12.4 Å². The second-order valence-corrected chi connectivity index (χ2v) is 3.70. The Morgan fingerprint density at radius 2 is 2.16 bits per heavy atom. The Bertz CT molecular complexity index is 414. The summed E-state index contributed by atoms with van der Waals surface area (Å²) in [5.41, 5.74) is 5.77. The molecule has 0 aliphatic rings. The average Bonchev–Trinajstić information content (AvgIpc) is 2.36. The predicted molar refractivity (Wildman–Crippen MR) is 73.3 cm³/mol. The first-order valence-corrected chi connectivity index (χ1v) is 5.47. The Morgan fingerprint density at radius 3 is 2.63 bits per heavy atom. The highest BCUT2D eigenvalue weighted by Gasteiger charge is 2.12. The highest BCUT2D eigenvalue weighted by Crippen LogP contribution is 2.20. The van der Waals surface area contributed by atoms with E-state index < -0.39 is 5.82 Å². The molecule has 1 aromatic rings. The van der Waals surface area contributed by atoms with E-state index >= 15 is 0 Å². The second-order valence-electron chi connectivity index (χ2n) is 3.70. The minimum absolute atomic E-state index is 0. The lowest BCUT2D eigenvalue weighted by Gasteiger charge is -2.13. The standard InChI is InChI=1S/C12H17FN2O3.ClH/c1-17-9(7-14)6-12(16)15-8-3-4-11(18-2)10(13)5-8;/h3-5,9H,6-7,14H2,1-2H3,(H,15,16);1H. The van der Waals surface area contributed by atoms with Gasteiger partial charge in [0, 0.05) is 25.4 Å². The number of nitrogens with two attached hydrogens (primary N) is 1. The largest absolute Gasteiger partial charge is 0.494 e. The average molecular weight is 293 g/mol. The molecule has 1 atom stereocenters. The molecule has 0 spiro atoms. The molecule has 19 heavy (non-hydrogen) atoms. The van der Waals surface area contributed by atoms with Gasteiger partial charge in [-0.2, -0.15) is 0 Å². The summed E-state index contributed by atoms with van der Waals surface area (Å²) in [5, 5.41) is 2.56. The van der Waals surface area contributed by atoms with Crippen molar-refractivity contribution in [3.63, 3.8) is 0 Å². The number of ether oxygens (including phenoxy) is 2. The third-order valence-electron chi connectivity index (χ3n) is 2.44. The number of nitrogens with one attached hydrogen (secondary N) is 1. The molecule has 0 aromatic heterocycles. The molecule has 0 radical (unpaired) electrons. The minimum Gasteiger partial charge on any atom is -0.494 e. The maximum atomic E-state index is 13.4. The van der Waals surface area contributed by atoms with Gasteiger partial charge in [0.25, 0.3) is 0 Å². The summed E-state index contributed by atoms with van der Waals surface area (Å²) < 4.78 is 23.1. The number of carbonyl (C=O) groups excluding carboxylic acids is 1. The Labute approximate surface area is 117 Å². The first kappa shape index (κ1) is 17.6. The van der Waals surface area contributed by atoms with E-state index in [1.54, 1.807) is 6.07 Å². The van der Waals surface area contributed by atoms with Crippen LogP contribution < -0.4 is 15.8 Å². The van der Waals surface area contributed by atoms with Gasteiger partial charge in [-0.1, -0.05) is 0 Å². The zero-order valence-corrected chi connectivity index (χ0v) is 11.6. The van der Waals surface area contributed by atoms with Crippen molar-refractivity contribution in [3.8, 4) is 5.75 Å². The summed E-state index contributed by atoms with van der Waals surface area (Å²) in [5.74, 6) is -0.681. The van der Waals surface area contributed by atoms with Crippen LogP contribution in [0.5, 0.6) is 5.75 Å². The SMILES string of the molecule is COc1ccc(NC(=O)CC(CN)OC)cc1F.Cl. The summed E-state index contributed by atoms with van der Waals surface area (Å²) in [6.45, 7) is 0.251. The van der Waals surface area contributed by atoms with Gasteiger partial charge in [-0.25, -0.2) is 4.39 Å². The van der Waals surface area contributed by atoms with E-state index in [-0.39, 0.29) is 43.1 Å². The maximum absolute atomic E-state index is 13.4. The van der Waals surface area contributed by atoms with Gasteiger partial charge in [-0.15, -0.1) is 12.4 Å². The number of benzene rings is 1. The van der Waals surface area contributed by atoms with Gasteiger partial charge in [0.15, 0.2) is 11.6 Å². The van der Waals surface area contributed by atoms with Crippen molar-refractivity contribution in [3.05, 3.63) is 24.0 Å². The van der Waals surface area contributed by atoms with Crippen LogP contribution in [0.1, 0.15) is 6.42 Å². The fraction of sp³-hybridized carbons (Fsp3) is 0.417. The lowest BCUT2D eigenvalue weighted by molar-refractivity contribution is -0.118. The molecule has 0 bridgehead atoms. The number of rotatable bonds is 6. The number of anilines is 1. The third-order valence-corrected chi connectivity index (χ3v) is 2.44. The summed E-state index contributed by atoms with van der Waals surface area (Å²) in [6.07, 6.45) is -0.214. The van der Waals surface area contributed by atoms with E-state index in [1.807, 2.05) is 0 Å². The Morgan fingerprint density at radius 1 is 1.47 bits per heavy atom. The topological polar surface area (TPSA) is 73.6 Å². The molecular formula is C12H18ClFN2O3. The molecule has 1 unspecified atom stereocenters. The number of hydrogen-bond acceptors (Lipinski definition) is 4. The number of methoxy groups -OCH3 is 2. The van der Waals surface area contributed by atoms with Crippen molar-refractivity contribution < 1.29 is 18.7 Å². The quantitative estimate of drug-likeness (QED) is 0.834. The zero-order chi connectivity index (χ0) is 13.5. The molecule has 0 saturated carbocycles. The van der Waals surface area contributed by atoms with Gasteiger partial charge in [0.2, 0.25) is 5.91 Å². The molecule has 0 heterocycles. The normalized spacial score (nSPS) is 11.4. The van der Waals surface area contributed by atoms with Gasteiger partial charge in [0.1, 0.15) is 0 Å². The number of halogens is 2. The van der Waals surface area contributed by atoms with E-state index in [1.165, 1.54) is 26.4 Å². The molecule has 3 N–H and O–H groups in total. The summed E-state index contributed by atoms with van der Waals surface area (Å²) >= 11 is 0. The van der Waals surface area contributed by atoms with Crippen LogP contribution in [0, 0.1) is 5.82 Å². The lowest BCUT2D eigenvalue weighted by Crippen LogP contribution is -2.28. The van der Waals surface area contributed by atoms with Crippen LogP contribution in [0.15, 0.2) is 18.2 Å². The highest BCUT2D eigenvalue weighted by molar-refractivity contribution is 5.91. The van der Waals surface area contributed by atoms with Crippen molar-refractivity contribution in [1.29, 1.82) is 0 Å². The molecule has 0 aliphatic heterocycles. The summed E-state index contributed by atoms with van der Waals surface area (Å²) in [6, 6.07) is 4.20. The molecule has 1 amide bonds. The van der Waals surface area contributed by atoms with Crippen LogP contribution in [0.3, 0.4) is 0 Å². The predicted octanol–water partition coefficient (Wildman–Crippen LogP) is 1.56. The Hall–Kier alpha value is -1.37. The van der Waals surface area contributed by atoms with E-state index in [0.717, 1.165) is 0 Å². The first-order chi connectivity index (χ1) is 8.60. The molecular weight excluding hydrogens is 275 g/mol. The van der Waals surface area contributed by atoms with Crippen molar-refractivity contribution in [2.75, 3.05) is 26.1 Å². The monoisotopic (exact) mass is 292 g/mol. The fourth-order valence-electron chi connectivity index (χ4n) is 1.43. The molecule has 1 rings (SSSR count). The van der Waals surface area contributed by atoms with Gasteiger partial charge in [0.05, 0.1) is 19.6 Å². The zero-order valence-electron chi connectivity index (χ0n) is 10.8. The van der Waals surface area contributed by atoms with Gasteiger partial charge >= 0.3 is 0 Å². The second kappa shape index (κ2) is 8.68. The number of amides is 1. The van der Waals surface area contributed by atoms with Crippen molar-refractivity contribution in [2.24, 2.45) is 5.73 Å². The number of hydrogen-bond donors (Lipinski definition) is 2. The third kappa shape index (κ3) is 5.42. The molecule has 1 aromatic carbocycles. The number of carbonyl (C=O) groups is 1. The molecule has 0 fully saturated rings. The highest BCUT2D eigenvalue weighted by atomic mass is 35.5. The van der Waals surface area contributed by atoms with Crippen LogP contribution in [-0.4, -0.2) is 32.8 Å². The molecule has 0 saturated heterocycles. The first-order valence-electron chi connectivity index (χ1n) is 5.47. The van der Waals surface area contributed by atoms with Gasteiger partial charge < -0.3 is 20.5 Å².